The molecule has 0 saturated carbocycles. The Labute approximate surface area is 89.6 Å². The van der Waals surface area contributed by atoms with E-state index in [4.69, 9.17) is 0 Å². The van der Waals surface area contributed by atoms with Gasteiger partial charge in [0, 0.05) is 37.9 Å². The van der Waals surface area contributed by atoms with Crippen LogP contribution < -0.4 is 10.6 Å². The fraction of sp³-hybridized carbons (Fsp3) is 0.600. The lowest BCUT2D eigenvalue weighted by molar-refractivity contribution is 0.699. The summed E-state index contributed by atoms with van der Waals surface area (Å²) in [5.74, 6) is 0.907. The Bertz CT molecular complexity index is 366. The Balaban J connectivity index is 1.92. The molecule has 0 atom stereocenters. The van der Waals surface area contributed by atoms with E-state index < -0.39 is 0 Å². The highest BCUT2D eigenvalue weighted by atomic mass is 15.3. The molecule has 15 heavy (non-hydrogen) atoms. The van der Waals surface area contributed by atoms with E-state index in [0.717, 1.165) is 32.0 Å². The highest BCUT2D eigenvalue weighted by Gasteiger charge is 2.06. The van der Waals surface area contributed by atoms with Gasteiger partial charge < -0.3 is 10.6 Å². The quantitative estimate of drug-likeness (QED) is 0.726. The summed E-state index contributed by atoms with van der Waals surface area (Å²) in [6, 6.07) is 0. The van der Waals surface area contributed by atoms with Gasteiger partial charge in [0.05, 0.1) is 6.20 Å². The summed E-state index contributed by atoms with van der Waals surface area (Å²) in [7, 11) is 1.95. The number of aliphatic imine (C=N–C) groups is 1. The molecule has 0 bridgehead atoms. The SMILES string of the molecule is Cc1c(CNC2=NCCCN2)cnn1C. The van der Waals surface area contributed by atoms with Gasteiger partial charge >= 0.3 is 0 Å². The summed E-state index contributed by atoms with van der Waals surface area (Å²) < 4.78 is 1.88. The molecule has 2 rings (SSSR count). The molecule has 0 unspecified atom stereocenters. The van der Waals surface area contributed by atoms with Gasteiger partial charge in [0.1, 0.15) is 0 Å². The molecule has 0 aromatic carbocycles. The zero-order valence-electron chi connectivity index (χ0n) is 9.25. The van der Waals surface area contributed by atoms with Crippen molar-refractivity contribution in [3.8, 4) is 0 Å². The van der Waals surface area contributed by atoms with Crippen LogP contribution in [0.25, 0.3) is 0 Å². The van der Waals surface area contributed by atoms with E-state index in [2.05, 4.69) is 27.6 Å². The van der Waals surface area contributed by atoms with Gasteiger partial charge in [-0.15, -0.1) is 0 Å². The largest absolute Gasteiger partial charge is 0.356 e. The van der Waals surface area contributed by atoms with Gasteiger partial charge in [0.25, 0.3) is 0 Å². The molecule has 2 N–H and O–H groups in total. The van der Waals surface area contributed by atoms with Crippen molar-refractivity contribution >= 4 is 5.96 Å². The summed E-state index contributed by atoms with van der Waals surface area (Å²) in [5.41, 5.74) is 2.41. The van der Waals surface area contributed by atoms with Crippen molar-refractivity contribution in [3.05, 3.63) is 17.5 Å². The van der Waals surface area contributed by atoms with E-state index in [9.17, 15) is 0 Å². The van der Waals surface area contributed by atoms with E-state index in [-0.39, 0.29) is 0 Å². The van der Waals surface area contributed by atoms with Crippen LogP contribution in [0.2, 0.25) is 0 Å². The van der Waals surface area contributed by atoms with Gasteiger partial charge in [0.15, 0.2) is 5.96 Å². The third kappa shape index (κ3) is 2.29. The lowest BCUT2D eigenvalue weighted by Crippen LogP contribution is -2.40. The molecule has 1 aliphatic rings. The molecule has 0 fully saturated rings. The number of aromatic nitrogens is 2. The first-order valence-electron chi connectivity index (χ1n) is 5.27. The molecule has 0 saturated heterocycles. The highest BCUT2D eigenvalue weighted by Crippen LogP contribution is 2.04. The van der Waals surface area contributed by atoms with Crippen molar-refractivity contribution in [2.75, 3.05) is 13.1 Å². The summed E-state index contributed by atoms with van der Waals surface area (Å²) in [5, 5.41) is 10.7. The zero-order chi connectivity index (χ0) is 10.7. The van der Waals surface area contributed by atoms with Gasteiger partial charge in [-0.2, -0.15) is 5.10 Å². The van der Waals surface area contributed by atoms with Crippen molar-refractivity contribution in [1.82, 2.24) is 20.4 Å². The molecule has 0 amide bonds. The van der Waals surface area contributed by atoms with Gasteiger partial charge in [-0.25, -0.2) is 0 Å². The van der Waals surface area contributed by atoms with Crippen LogP contribution in [-0.2, 0) is 13.6 Å². The Morgan fingerprint density at radius 2 is 2.47 bits per heavy atom. The van der Waals surface area contributed by atoms with Crippen molar-refractivity contribution in [1.29, 1.82) is 0 Å². The number of rotatable bonds is 2. The molecule has 1 aliphatic heterocycles. The molecular weight excluding hydrogens is 190 g/mol. The maximum absolute atomic E-state index is 4.35. The third-order valence-electron chi connectivity index (χ3n) is 2.68. The van der Waals surface area contributed by atoms with Gasteiger partial charge in [-0.3, -0.25) is 9.67 Å². The van der Waals surface area contributed by atoms with Crippen molar-refractivity contribution in [3.63, 3.8) is 0 Å². The molecule has 1 aromatic heterocycles. The molecule has 82 valence electrons. The van der Waals surface area contributed by atoms with E-state index in [1.165, 1.54) is 11.3 Å². The highest BCUT2D eigenvalue weighted by molar-refractivity contribution is 5.80. The predicted octanol–water partition coefficient (Wildman–Crippen LogP) is 0.167. The molecule has 5 heteroatoms. The standard InChI is InChI=1S/C10H17N5/c1-8-9(7-14-15(8)2)6-13-10-11-4-3-5-12-10/h7H,3-6H2,1-2H3,(H2,11,12,13). The van der Waals surface area contributed by atoms with Crippen molar-refractivity contribution in [2.24, 2.45) is 12.0 Å². The maximum Gasteiger partial charge on any atom is 0.191 e. The fourth-order valence-corrected chi connectivity index (χ4v) is 1.55. The van der Waals surface area contributed by atoms with Gasteiger partial charge in [-0.1, -0.05) is 0 Å². The lowest BCUT2D eigenvalue weighted by atomic mass is 10.2. The summed E-state index contributed by atoms with van der Waals surface area (Å²) in [6.45, 7) is 4.78. The second-order valence-corrected chi connectivity index (χ2v) is 3.74. The minimum Gasteiger partial charge on any atom is -0.356 e. The fourth-order valence-electron chi connectivity index (χ4n) is 1.55. The molecular formula is C10H17N5. The Kier molecular flexibility index (Phi) is 2.89. The van der Waals surface area contributed by atoms with Crippen molar-refractivity contribution < 1.29 is 0 Å². The first kappa shape index (κ1) is 10.0. The maximum atomic E-state index is 4.35. The average molecular weight is 207 g/mol. The molecule has 2 heterocycles. The number of guanidine groups is 1. The van der Waals surface area contributed by atoms with Crippen LogP contribution in [0.5, 0.6) is 0 Å². The minimum absolute atomic E-state index is 0.783. The van der Waals surface area contributed by atoms with Crippen molar-refractivity contribution in [2.45, 2.75) is 19.9 Å². The molecule has 1 aromatic rings. The number of nitrogens with one attached hydrogen (secondary N) is 2. The van der Waals surface area contributed by atoms with Crippen LogP contribution in [0.4, 0.5) is 0 Å². The topological polar surface area (TPSA) is 54.2 Å². The molecule has 0 spiro atoms. The molecule has 0 radical (unpaired) electrons. The summed E-state index contributed by atoms with van der Waals surface area (Å²) in [4.78, 5) is 4.35. The number of hydrogen-bond acceptors (Lipinski definition) is 4. The Morgan fingerprint density at radius 3 is 3.07 bits per heavy atom. The Hall–Kier alpha value is -1.52. The van der Waals surface area contributed by atoms with Crippen LogP contribution >= 0.6 is 0 Å². The molecule has 5 nitrogen and oxygen atoms in total. The first-order chi connectivity index (χ1) is 7.27. The van der Waals surface area contributed by atoms with Crippen LogP contribution in [0, 0.1) is 6.92 Å². The zero-order valence-corrected chi connectivity index (χ0v) is 9.25. The normalized spacial score (nSPS) is 15.7. The van der Waals surface area contributed by atoms with Gasteiger partial charge in [-0.05, 0) is 13.3 Å². The van der Waals surface area contributed by atoms with E-state index in [1.54, 1.807) is 0 Å². The van der Waals surface area contributed by atoms with Crippen LogP contribution in [-0.4, -0.2) is 28.8 Å². The molecule has 0 aliphatic carbocycles. The third-order valence-corrected chi connectivity index (χ3v) is 2.68. The average Bonchev–Trinajstić information content (AvgIpc) is 2.59. The van der Waals surface area contributed by atoms with Crippen LogP contribution in [0.1, 0.15) is 17.7 Å². The summed E-state index contributed by atoms with van der Waals surface area (Å²) >= 11 is 0. The van der Waals surface area contributed by atoms with E-state index in [0.29, 0.717) is 0 Å². The Morgan fingerprint density at radius 1 is 1.60 bits per heavy atom. The smallest absolute Gasteiger partial charge is 0.191 e. The number of aryl methyl sites for hydroxylation is 1. The second kappa shape index (κ2) is 4.33. The predicted molar refractivity (Wildman–Crippen MR) is 59.7 cm³/mol. The first-order valence-corrected chi connectivity index (χ1v) is 5.27. The number of nitrogens with zero attached hydrogens (tertiary/aromatic N) is 3. The summed E-state index contributed by atoms with van der Waals surface area (Å²) in [6.07, 6.45) is 3.02. The number of hydrogen-bond donors (Lipinski definition) is 2. The van der Waals surface area contributed by atoms with Gasteiger partial charge in [0.2, 0.25) is 0 Å². The minimum atomic E-state index is 0.783. The van der Waals surface area contributed by atoms with E-state index >= 15 is 0 Å². The second-order valence-electron chi connectivity index (χ2n) is 3.74. The van der Waals surface area contributed by atoms with Crippen LogP contribution in [0.15, 0.2) is 11.2 Å². The monoisotopic (exact) mass is 207 g/mol. The van der Waals surface area contributed by atoms with E-state index in [1.807, 2.05) is 17.9 Å². The van der Waals surface area contributed by atoms with Crippen LogP contribution in [0.3, 0.4) is 0 Å². The lowest BCUT2D eigenvalue weighted by Gasteiger charge is -2.15.